The van der Waals surface area contributed by atoms with Crippen molar-refractivity contribution in [3.8, 4) is 23.3 Å². The highest BCUT2D eigenvalue weighted by Gasteiger charge is 2.71. The lowest BCUT2D eigenvalue weighted by atomic mass is 9.94. The molecule has 9 aliphatic rings. The van der Waals surface area contributed by atoms with E-state index in [1.54, 1.807) is 164 Å². The van der Waals surface area contributed by atoms with Gasteiger partial charge in [0.1, 0.15) is 84.7 Å². The van der Waals surface area contributed by atoms with Crippen LogP contribution in [0.2, 0.25) is 44.3 Å². The van der Waals surface area contributed by atoms with Gasteiger partial charge in [0.05, 0.1) is 110 Å². The van der Waals surface area contributed by atoms with Gasteiger partial charge in [-0.25, -0.2) is 59.8 Å². The van der Waals surface area contributed by atoms with Crippen molar-refractivity contribution in [3.63, 3.8) is 0 Å². The number of carbonyl (C=O) groups is 3. The third-order valence-corrected chi connectivity index (χ3v) is 57.0. The molecular formula is C99H135N21O21S4Si4. The van der Waals surface area contributed by atoms with Crippen LogP contribution in [0.1, 0.15) is 199 Å². The minimum atomic E-state index is -3.08. The fourth-order valence-corrected chi connectivity index (χ4v) is 50.1. The molecule has 0 unspecified atom stereocenters. The maximum absolute atomic E-state index is 13.2. The number of nitrogens with zero attached hydrogens (tertiary/aromatic N) is 17. The number of rotatable bonds is 28. The van der Waals surface area contributed by atoms with Crippen LogP contribution in [0.15, 0.2) is 123 Å². The quantitative estimate of drug-likeness (QED) is 0.0162. The highest BCUT2D eigenvalue weighted by atomic mass is 32.2. The average Bonchev–Trinajstić information content (AvgIpc) is 1.55. The molecular weight excluding hydrogens is 2060 g/mol. The third kappa shape index (κ3) is 20.1. The van der Waals surface area contributed by atoms with E-state index < -0.39 is 110 Å². The van der Waals surface area contributed by atoms with Gasteiger partial charge in [-0.1, -0.05) is 111 Å². The summed E-state index contributed by atoms with van der Waals surface area (Å²) in [7, 11) is -6.75. The highest BCUT2D eigenvalue weighted by molar-refractivity contribution is 8.02. The van der Waals surface area contributed by atoms with Crippen LogP contribution < -0.4 is 35.9 Å². The van der Waals surface area contributed by atoms with Gasteiger partial charge < -0.3 is 106 Å². The number of hydrogen-bond donors (Lipinski definition) is 9. The predicted molar refractivity (Wildman–Crippen MR) is 575 cm³/mol. The highest BCUT2D eigenvalue weighted by Crippen LogP contribution is 2.64. The first-order chi connectivity index (χ1) is 71.4. The Hall–Kier alpha value is -9.37. The van der Waals surface area contributed by atoms with Gasteiger partial charge in [0.2, 0.25) is 0 Å². The largest absolute Gasteiger partial charge is 0.497 e. The lowest BCUT2D eigenvalue weighted by Gasteiger charge is -2.54. The number of aromatic nitrogens is 16. The molecule has 0 aliphatic carbocycles. The average molecular weight is 2200 g/mol. The van der Waals surface area contributed by atoms with Crippen molar-refractivity contribution >= 4 is 167 Å². The molecule has 9 aliphatic heterocycles. The number of nitriles is 1. The van der Waals surface area contributed by atoms with Crippen LogP contribution in [0.3, 0.4) is 0 Å². The first-order valence-corrected chi connectivity index (χ1v) is 62.3. The monoisotopic (exact) mass is 2190 g/mol. The Morgan fingerprint density at radius 3 is 1.09 bits per heavy atom. The van der Waals surface area contributed by atoms with Crippen LogP contribution in [0.25, 0.3) is 44.7 Å². The number of benzene rings is 3. The van der Waals surface area contributed by atoms with Gasteiger partial charge >= 0.3 is 34.2 Å². The fourth-order valence-electron chi connectivity index (χ4n) is 22.0. The van der Waals surface area contributed by atoms with E-state index in [0.717, 1.165) is 36.5 Å². The van der Waals surface area contributed by atoms with Crippen LogP contribution in [-0.2, 0) is 44.9 Å². The zero-order chi connectivity index (χ0) is 106. The topological polar surface area (TPSA) is 533 Å². The Balaban J connectivity index is 0.000000141. The predicted octanol–water partition coefficient (Wildman–Crippen LogP) is 14.3. The second-order valence-corrected chi connectivity index (χ2v) is 64.5. The van der Waals surface area contributed by atoms with Crippen molar-refractivity contribution in [2.24, 2.45) is 0 Å². The van der Waals surface area contributed by atoms with Crippen LogP contribution >= 0.6 is 47.0 Å². The molecule has 0 radical (unpaired) electrons. The summed E-state index contributed by atoms with van der Waals surface area (Å²) in [5, 5.41) is 69.0. The molecule has 149 heavy (non-hydrogen) atoms. The summed E-state index contributed by atoms with van der Waals surface area (Å²) in [6.45, 7) is 35.4. The number of methoxy groups -OCH3 is 3. The summed E-state index contributed by atoms with van der Waals surface area (Å²) in [5.74, 6) is 5.51. The SMILES string of the molecule is COc1ccc(C(=O)Nc2ncnc3c2ncn3[C@@H]2O[C@@H]3CO[Si](C(C)C)(C(C)C)O[Si](C(C)C)(C(C)C)O[C@H]3[C@@]2(CCO)SCCC#N)cc1.COc1ccc(C(=O)Nc2ncnc3c2ncn3[C@@H]2O[C@@H]3CO[Si](C(C)C)(C(C)C)O[Si](C(C)C)(C(C)C)O[C@H]3[C@]23CCS3)cc1.COc1ccc(C(=O)Nc2ncnc3c2ncn3[C@@H]2O[C@H](CO)[C@@H](O)[C@]23CCS3)cc1.Nc1ncnc2c1ncn2[C@@H]1O[C@H](CO)[C@@H](O)[C@]12CCS2. The number of carbonyl (C=O) groups excluding carboxylic acids is 3. The van der Waals surface area contributed by atoms with Gasteiger partial charge in [0.15, 0.2) is 87.3 Å². The van der Waals surface area contributed by atoms with Crippen molar-refractivity contribution in [3.05, 3.63) is 140 Å². The van der Waals surface area contributed by atoms with E-state index in [2.05, 4.69) is 188 Å². The zero-order valence-electron chi connectivity index (χ0n) is 87.1. The molecule has 42 nitrogen and oxygen atoms in total. The number of anilines is 4. The first-order valence-electron chi connectivity index (χ1n) is 50.5. The van der Waals surface area contributed by atoms with Crippen LogP contribution in [-0.4, -0.2) is 301 Å². The second kappa shape index (κ2) is 45.3. The Morgan fingerprint density at radius 2 is 0.765 bits per heavy atom. The standard InChI is InChI=1S/C35H52N6O7SSi2.C32H47N5O6SSi2.C20H21N5O5S.C12H15N5O3S/c1-22(2)50(23(3)4)45-19-28-30(47-51(48-50,24(5)6)25(7)8)35(15-17-42,49-18-10-16-36)34(46-28)41-21-39-29-31(37-20-38-32(29)41)40-33(43)26-11-13-27(44-9)14-12-26;1-19(2)45(20(3)4)40-16-25-27(42-46(43-45,21(5)6)22(7)8)32(14-15-44-32)31(41-25)37-18-35-26-28(33-17-34-29(26)37)36-30(38)23-10-12-24(39-9)13-11-23;1-29-12-4-2-11(3-5-12)18(28)24-16-14-17(22-9-21-16)25(10-23-14)19-20(6-7-31-20)15(27)13(8-26)30-19;13-9-7-10(15-4-14-9)17(5-16-7)11-12(1-2-21-12)8(19)6(3-18)20-11/h11-14,20-25,28,30,34,42H,10,15,17-19H2,1-9H3,(H,37,38,40,43);10-13,17-22,25,27,31H,14-16H2,1-9H3,(H,33,34,36,38);2-5,9-10,13,15,19,26-27H,6-8H2,1H3,(H,21,22,24,28);4-6,8,11,18-19H,1-3H2,(H2,13,14,15)/t28-,30-,34-,35-;25-,27-,31-,32-;13-,15-,19-,20-;6-,8-,11-,12-/m1111/s1. The smallest absolute Gasteiger partial charge is 0.335 e. The summed E-state index contributed by atoms with van der Waals surface area (Å²) in [5.41, 5.74) is 12.5. The summed E-state index contributed by atoms with van der Waals surface area (Å²) in [6, 6.07) is 22.7. The number of nitrogen functional groups attached to an aromatic ring is 1. The number of imidazole rings is 4. The second-order valence-electron chi connectivity index (χ2n) is 41.0. The van der Waals surface area contributed by atoms with E-state index >= 15 is 0 Å². The van der Waals surface area contributed by atoms with Crippen LogP contribution in [0.4, 0.5) is 23.3 Å². The summed E-state index contributed by atoms with van der Waals surface area (Å²) in [4.78, 5) is 91.7. The molecule has 17 heterocycles. The molecule has 3 aromatic carbocycles. The van der Waals surface area contributed by atoms with Crippen molar-refractivity contribution < 1.29 is 99.0 Å². The van der Waals surface area contributed by atoms with E-state index in [9.17, 15) is 45.2 Å². The number of aliphatic hydroxyl groups excluding tert-OH is 5. The van der Waals surface area contributed by atoms with E-state index in [1.165, 1.54) is 25.3 Å². The molecule has 9 fully saturated rings. The fraction of sp³-hybridized carbons (Fsp3) is 0.576. The molecule has 0 bridgehead atoms. The zero-order valence-corrected chi connectivity index (χ0v) is 94.3. The lowest BCUT2D eigenvalue weighted by molar-refractivity contribution is -0.0548. The third-order valence-electron chi connectivity index (χ3n) is 30.1. The van der Waals surface area contributed by atoms with Gasteiger partial charge in [-0.2, -0.15) is 5.26 Å². The summed E-state index contributed by atoms with van der Waals surface area (Å²) in [6.07, 6.45) is 8.81. The maximum Gasteiger partial charge on any atom is 0.335 e. The normalized spacial score (nSPS) is 27.5. The minimum Gasteiger partial charge on any atom is -0.497 e. The number of ether oxygens (including phenoxy) is 7. The van der Waals surface area contributed by atoms with E-state index in [-0.39, 0.29) is 117 Å². The molecule has 802 valence electrons. The number of nitrogens with two attached hydrogens (primary N) is 1. The van der Waals surface area contributed by atoms with Gasteiger partial charge in [-0.15, -0.1) is 47.0 Å². The van der Waals surface area contributed by atoms with Gasteiger partial charge in [-0.05, 0) is 160 Å². The Bertz CT molecular complexity index is 6550. The first kappa shape index (κ1) is 111. The molecule has 10 N–H and O–H groups in total. The Kier molecular flexibility index (Phi) is 33.7. The van der Waals surface area contributed by atoms with E-state index in [4.69, 9.17) is 69.8 Å². The molecule has 11 aromatic rings. The summed E-state index contributed by atoms with van der Waals surface area (Å²) >= 11 is 6.72. The van der Waals surface area contributed by atoms with Crippen LogP contribution in [0.5, 0.6) is 17.2 Å². The Morgan fingerprint density at radius 1 is 0.450 bits per heavy atom. The molecule has 8 aromatic heterocycles. The van der Waals surface area contributed by atoms with Gasteiger partial charge in [0, 0.05) is 35.5 Å². The van der Waals surface area contributed by atoms with Gasteiger partial charge in [-0.3, -0.25) is 32.7 Å². The van der Waals surface area contributed by atoms with Gasteiger partial charge in [0.25, 0.3) is 17.7 Å². The number of fused-ring (bicyclic) bond motifs is 7. The van der Waals surface area contributed by atoms with Crippen LogP contribution in [0, 0.1) is 11.3 Å². The maximum atomic E-state index is 13.2. The molecule has 3 spiro atoms. The molecule has 3 amide bonds. The molecule has 16 atom stereocenters. The van der Waals surface area contributed by atoms with Crippen molar-refractivity contribution in [2.45, 2.75) is 280 Å². The number of aliphatic hydroxyl groups is 5. The molecule has 20 rings (SSSR count). The number of thioether (sulfide) groups is 4. The van der Waals surface area contributed by atoms with Crippen molar-refractivity contribution in [1.29, 1.82) is 5.26 Å². The number of amides is 3. The summed E-state index contributed by atoms with van der Waals surface area (Å²) < 4.78 is 90.7. The minimum absolute atomic E-state index is 0.0814. The lowest BCUT2D eigenvalue weighted by Crippen LogP contribution is -2.67. The molecule has 0 saturated carbocycles. The van der Waals surface area contributed by atoms with Crippen molar-refractivity contribution in [1.82, 2.24) is 78.1 Å². The number of hydrogen-bond acceptors (Lipinski definition) is 39. The molecule has 9 saturated heterocycles. The Labute approximate surface area is 885 Å². The number of nitrogens with one attached hydrogen (secondary N) is 3. The molecule has 50 heteroatoms. The van der Waals surface area contributed by atoms with Crippen molar-refractivity contribution in [2.75, 3.05) is 99.1 Å². The van der Waals surface area contributed by atoms with E-state index in [1.807, 2.05) is 20.9 Å². The van der Waals surface area contributed by atoms with E-state index in [0.29, 0.717) is 115 Å².